The van der Waals surface area contributed by atoms with Crippen molar-refractivity contribution in [1.82, 2.24) is 0 Å². The summed E-state index contributed by atoms with van der Waals surface area (Å²) in [6.45, 7) is 0. The first kappa shape index (κ1) is 6.00. The molecule has 11 heavy (non-hydrogen) atoms. The molecule has 3 rings (SSSR count). The van der Waals surface area contributed by atoms with Crippen molar-refractivity contribution in [2.75, 3.05) is 0 Å². The van der Waals surface area contributed by atoms with E-state index >= 15 is 0 Å². The molecule has 0 aromatic carbocycles. The van der Waals surface area contributed by atoms with Crippen LogP contribution >= 0.6 is 0 Å². The van der Waals surface area contributed by atoms with Crippen LogP contribution in [0.4, 0.5) is 0 Å². The first-order chi connectivity index (χ1) is 5.25. The van der Waals surface area contributed by atoms with E-state index in [-0.39, 0.29) is 6.10 Å². The van der Waals surface area contributed by atoms with Crippen molar-refractivity contribution in [2.24, 2.45) is 11.8 Å². The second-order valence-electron chi connectivity index (χ2n) is 3.91. The Morgan fingerprint density at radius 3 is 2.82 bits per heavy atom. The zero-order chi connectivity index (χ0) is 7.64. The minimum Gasteiger partial charge on any atom is -0.479 e. The Bertz CT molecular complexity index is 237. The van der Waals surface area contributed by atoms with Crippen LogP contribution in [-0.4, -0.2) is 22.8 Å². The molecule has 0 spiro atoms. The lowest BCUT2D eigenvalue weighted by Gasteiger charge is -2.12. The lowest BCUT2D eigenvalue weighted by Crippen LogP contribution is -2.32. The molecule has 0 aromatic heterocycles. The molecular formula is C8H10O3. The number of hydrogen-bond donors (Lipinski definition) is 1. The van der Waals surface area contributed by atoms with E-state index in [2.05, 4.69) is 0 Å². The molecule has 2 aliphatic carbocycles. The summed E-state index contributed by atoms with van der Waals surface area (Å²) in [5.74, 6) is 0.167. The largest absolute Gasteiger partial charge is 0.479 e. The molecule has 60 valence electrons. The van der Waals surface area contributed by atoms with Gasteiger partial charge in [-0.1, -0.05) is 0 Å². The maximum atomic E-state index is 10.8. The number of rotatable bonds is 1. The predicted molar refractivity (Wildman–Crippen MR) is 36.1 cm³/mol. The van der Waals surface area contributed by atoms with Crippen LogP contribution in [-0.2, 0) is 9.53 Å². The van der Waals surface area contributed by atoms with E-state index in [1.807, 2.05) is 0 Å². The summed E-state index contributed by atoms with van der Waals surface area (Å²) in [4.78, 5) is 10.8. The summed E-state index contributed by atoms with van der Waals surface area (Å²) in [7, 11) is 0. The molecule has 0 radical (unpaired) electrons. The van der Waals surface area contributed by atoms with Crippen molar-refractivity contribution in [3.8, 4) is 0 Å². The van der Waals surface area contributed by atoms with Crippen molar-refractivity contribution in [1.29, 1.82) is 0 Å². The Morgan fingerprint density at radius 1 is 1.55 bits per heavy atom. The third kappa shape index (κ3) is 0.466. The summed E-state index contributed by atoms with van der Waals surface area (Å²) in [5, 5.41) is 8.91. The number of carboxylic acids is 1. The monoisotopic (exact) mass is 154 g/mol. The van der Waals surface area contributed by atoms with Crippen LogP contribution in [0.3, 0.4) is 0 Å². The van der Waals surface area contributed by atoms with Crippen molar-refractivity contribution in [3.63, 3.8) is 0 Å². The summed E-state index contributed by atoms with van der Waals surface area (Å²) in [6, 6.07) is 0. The van der Waals surface area contributed by atoms with E-state index in [0.717, 1.165) is 12.8 Å². The minimum atomic E-state index is -0.727. The Kier molecular flexibility index (Phi) is 0.796. The zero-order valence-corrected chi connectivity index (χ0v) is 6.12. The van der Waals surface area contributed by atoms with Gasteiger partial charge in [0.25, 0.3) is 0 Å². The third-order valence-electron chi connectivity index (χ3n) is 3.53. The molecule has 3 fully saturated rings. The second-order valence-corrected chi connectivity index (χ2v) is 3.91. The molecule has 0 aromatic rings. The molecule has 4 atom stereocenters. The molecule has 1 saturated heterocycles. The van der Waals surface area contributed by atoms with Gasteiger partial charge in [-0.25, -0.2) is 4.79 Å². The number of ether oxygens (including phenoxy) is 1. The highest BCUT2D eigenvalue weighted by Gasteiger charge is 2.76. The van der Waals surface area contributed by atoms with Crippen LogP contribution < -0.4 is 0 Å². The fourth-order valence-electron chi connectivity index (χ4n) is 2.98. The van der Waals surface area contributed by atoms with E-state index in [1.165, 1.54) is 6.42 Å². The summed E-state index contributed by atoms with van der Waals surface area (Å²) >= 11 is 0. The SMILES string of the molecule is O=C(O)C12OC1C1CCC2C1. The Labute approximate surface area is 64.3 Å². The third-order valence-corrected chi connectivity index (χ3v) is 3.53. The Balaban J connectivity index is 2.00. The van der Waals surface area contributed by atoms with Gasteiger partial charge in [0.2, 0.25) is 0 Å². The lowest BCUT2D eigenvalue weighted by molar-refractivity contribution is -0.145. The van der Waals surface area contributed by atoms with Crippen LogP contribution in [0.5, 0.6) is 0 Å². The van der Waals surface area contributed by atoms with E-state index < -0.39 is 11.6 Å². The van der Waals surface area contributed by atoms with Gasteiger partial charge < -0.3 is 9.84 Å². The number of epoxide rings is 1. The number of hydrogen-bond acceptors (Lipinski definition) is 2. The van der Waals surface area contributed by atoms with Crippen molar-refractivity contribution in [3.05, 3.63) is 0 Å². The van der Waals surface area contributed by atoms with Crippen molar-refractivity contribution >= 4 is 5.97 Å². The van der Waals surface area contributed by atoms with Gasteiger partial charge in [-0.3, -0.25) is 0 Å². The average molecular weight is 154 g/mol. The fourth-order valence-corrected chi connectivity index (χ4v) is 2.98. The first-order valence-corrected chi connectivity index (χ1v) is 4.16. The fraction of sp³-hybridized carbons (Fsp3) is 0.875. The smallest absolute Gasteiger partial charge is 0.339 e. The Hall–Kier alpha value is -0.570. The van der Waals surface area contributed by atoms with Crippen LogP contribution in [0.15, 0.2) is 0 Å². The van der Waals surface area contributed by atoms with E-state index in [4.69, 9.17) is 9.84 Å². The van der Waals surface area contributed by atoms with Gasteiger partial charge in [0.1, 0.15) is 6.10 Å². The molecule has 1 aliphatic heterocycles. The van der Waals surface area contributed by atoms with Gasteiger partial charge in [-0.15, -0.1) is 0 Å². The normalized spacial score (nSPS) is 57.6. The van der Waals surface area contributed by atoms with Crippen molar-refractivity contribution < 1.29 is 14.6 Å². The topological polar surface area (TPSA) is 49.8 Å². The average Bonchev–Trinajstić information content (AvgIpc) is 2.50. The van der Waals surface area contributed by atoms with Gasteiger partial charge in [-0.2, -0.15) is 0 Å². The van der Waals surface area contributed by atoms with E-state index in [1.54, 1.807) is 0 Å². The highest BCUT2D eigenvalue weighted by molar-refractivity contribution is 5.83. The van der Waals surface area contributed by atoms with Crippen LogP contribution in [0, 0.1) is 11.8 Å². The molecule has 2 saturated carbocycles. The highest BCUT2D eigenvalue weighted by Crippen LogP contribution is 2.63. The summed E-state index contributed by atoms with van der Waals surface area (Å²) in [5.41, 5.74) is -0.705. The molecule has 4 unspecified atom stereocenters. The van der Waals surface area contributed by atoms with Crippen molar-refractivity contribution in [2.45, 2.75) is 31.0 Å². The molecule has 1 heterocycles. The Morgan fingerprint density at radius 2 is 2.36 bits per heavy atom. The second kappa shape index (κ2) is 1.46. The van der Waals surface area contributed by atoms with Crippen LogP contribution in [0.2, 0.25) is 0 Å². The van der Waals surface area contributed by atoms with Gasteiger partial charge >= 0.3 is 5.97 Å². The number of aliphatic carboxylic acids is 1. The molecular weight excluding hydrogens is 144 g/mol. The molecule has 3 nitrogen and oxygen atoms in total. The number of carbonyl (C=O) groups is 1. The van der Waals surface area contributed by atoms with Gasteiger partial charge in [0.15, 0.2) is 5.60 Å². The maximum Gasteiger partial charge on any atom is 0.339 e. The van der Waals surface area contributed by atoms with E-state index in [9.17, 15) is 4.79 Å². The number of carboxylic acid groups (broad SMARTS) is 1. The quantitative estimate of drug-likeness (QED) is 0.564. The van der Waals surface area contributed by atoms with E-state index in [0.29, 0.717) is 11.8 Å². The molecule has 1 N–H and O–H groups in total. The summed E-state index contributed by atoms with van der Waals surface area (Å²) in [6.07, 6.45) is 3.42. The standard InChI is InChI=1S/C8H10O3/c9-7(10)8-5-2-1-4(3-5)6(8)11-8/h4-6H,1-3H2,(H,9,10). The minimum absolute atomic E-state index is 0.0822. The molecule has 0 amide bonds. The molecule has 2 bridgehead atoms. The molecule has 3 heteroatoms. The highest BCUT2D eigenvalue weighted by atomic mass is 16.6. The first-order valence-electron chi connectivity index (χ1n) is 4.16. The zero-order valence-electron chi connectivity index (χ0n) is 6.12. The van der Waals surface area contributed by atoms with Crippen LogP contribution in [0.1, 0.15) is 19.3 Å². The van der Waals surface area contributed by atoms with Crippen LogP contribution in [0.25, 0.3) is 0 Å². The van der Waals surface area contributed by atoms with Gasteiger partial charge in [-0.05, 0) is 25.2 Å². The predicted octanol–water partition coefficient (Wildman–Crippen LogP) is 0.639. The number of fused-ring (bicyclic) bond motifs is 5. The van der Waals surface area contributed by atoms with Gasteiger partial charge in [0, 0.05) is 5.92 Å². The lowest BCUT2D eigenvalue weighted by atomic mass is 9.89. The molecule has 3 aliphatic rings. The van der Waals surface area contributed by atoms with Gasteiger partial charge in [0.05, 0.1) is 0 Å². The summed E-state index contributed by atoms with van der Waals surface area (Å²) < 4.78 is 5.29. The maximum absolute atomic E-state index is 10.8.